The number of anilines is 4. The van der Waals surface area contributed by atoms with Crippen LogP contribution in [0.4, 0.5) is 33.1 Å². The highest BCUT2D eigenvalue weighted by Gasteiger charge is 2.24. The van der Waals surface area contributed by atoms with Crippen LogP contribution in [0.5, 0.6) is 0 Å². The minimum Gasteiger partial charge on any atom is -0.333 e. The Morgan fingerprint density at radius 3 is 2.27 bits per heavy atom. The van der Waals surface area contributed by atoms with Gasteiger partial charge in [-0.25, -0.2) is 14.4 Å². The van der Waals surface area contributed by atoms with Crippen LogP contribution >= 0.6 is 31.9 Å². The first-order valence-electron chi connectivity index (χ1n) is 7.18. The Labute approximate surface area is 164 Å². The maximum absolute atomic E-state index is 14.0. The number of rotatable bonds is 5. The summed E-state index contributed by atoms with van der Waals surface area (Å²) in [5, 5.41) is 17.1. The zero-order valence-electron chi connectivity index (χ0n) is 12.9. The van der Waals surface area contributed by atoms with E-state index in [4.69, 9.17) is 0 Å². The number of benzene rings is 2. The molecule has 0 saturated heterocycles. The summed E-state index contributed by atoms with van der Waals surface area (Å²) >= 11 is 6.52. The van der Waals surface area contributed by atoms with Crippen molar-refractivity contribution < 1.29 is 9.31 Å². The van der Waals surface area contributed by atoms with Gasteiger partial charge < -0.3 is 10.6 Å². The van der Waals surface area contributed by atoms with E-state index < -0.39 is 16.4 Å². The van der Waals surface area contributed by atoms with Crippen molar-refractivity contribution in [1.82, 2.24) is 9.97 Å². The molecule has 2 N–H and O–H groups in total. The van der Waals surface area contributed by atoms with Gasteiger partial charge >= 0.3 is 5.69 Å². The lowest BCUT2D eigenvalue weighted by Gasteiger charge is -2.11. The van der Waals surface area contributed by atoms with E-state index in [2.05, 4.69) is 52.5 Å². The predicted molar refractivity (Wildman–Crippen MR) is 103 cm³/mol. The van der Waals surface area contributed by atoms with Crippen molar-refractivity contribution in [3.63, 3.8) is 0 Å². The normalized spacial score (nSPS) is 10.4. The van der Waals surface area contributed by atoms with Crippen molar-refractivity contribution in [2.24, 2.45) is 0 Å². The fourth-order valence-corrected chi connectivity index (χ4v) is 2.86. The molecule has 0 saturated carbocycles. The first kappa shape index (κ1) is 18.2. The Morgan fingerprint density at radius 1 is 1.00 bits per heavy atom. The van der Waals surface area contributed by atoms with Crippen molar-refractivity contribution in [3.8, 4) is 0 Å². The van der Waals surface area contributed by atoms with E-state index in [9.17, 15) is 14.5 Å². The fourth-order valence-electron chi connectivity index (χ4n) is 2.14. The summed E-state index contributed by atoms with van der Waals surface area (Å²) in [7, 11) is 0. The van der Waals surface area contributed by atoms with Gasteiger partial charge in [0.25, 0.3) is 0 Å². The number of hydrogen-bond acceptors (Lipinski definition) is 6. The lowest BCUT2D eigenvalue weighted by Crippen LogP contribution is -2.06. The predicted octanol–water partition coefficient (Wildman–Crippen LogP) is 5.54. The quantitative estimate of drug-likeness (QED) is 0.366. The Morgan fingerprint density at radius 2 is 1.65 bits per heavy atom. The van der Waals surface area contributed by atoms with E-state index >= 15 is 0 Å². The van der Waals surface area contributed by atoms with Crippen molar-refractivity contribution in [3.05, 3.63) is 73.7 Å². The van der Waals surface area contributed by atoms with Gasteiger partial charge in [0, 0.05) is 8.95 Å². The van der Waals surface area contributed by atoms with E-state index in [0.717, 1.165) is 6.33 Å². The molecule has 10 heteroatoms. The molecule has 0 unspecified atom stereocenters. The summed E-state index contributed by atoms with van der Waals surface area (Å²) < 4.78 is 15.3. The van der Waals surface area contributed by atoms with Gasteiger partial charge in [0.15, 0.2) is 0 Å². The Bertz CT molecular complexity index is 987. The lowest BCUT2D eigenvalue weighted by atomic mass is 10.3. The first-order chi connectivity index (χ1) is 12.5. The molecule has 26 heavy (non-hydrogen) atoms. The zero-order chi connectivity index (χ0) is 18.7. The van der Waals surface area contributed by atoms with E-state index in [1.54, 1.807) is 24.3 Å². The van der Waals surface area contributed by atoms with Gasteiger partial charge in [-0.2, -0.15) is 0 Å². The van der Waals surface area contributed by atoms with E-state index in [1.165, 1.54) is 12.1 Å². The van der Waals surface area contributed by atoms with E-state index in [-0.39, 0.29) is 17.3 Å². The van der Waals surface area contributed by atoms with Crippen molar-refractivity contribution in [2.75, 3.05) is 10.6 Å². The summed E-state index contributed by atoms with van der Waals surface area (Å²) in [5.41, 5.74) is 0.252. The number of nitrogens with zero attached hydrogens (tertiary/aromatic N) is 3. The van der Waals surface area contributed by atoms with Crippen molar-refractivity contribution >= 4 is 60.6 Å². The van der Waals surface area contributed by atoms with Crippen LogP contribution in [0.1, 0.15) is 0 Å². The molecule has 0 atom stereocenters. The SMILES string of the molecule is O=[N+]([O-])c1c(Nc2ccc(Br)cc2F)ncnc1Nc1ccccc1Br. The average molecular weight is 483 g/mol. The molecular weight excluding hydrogens is 473 g/mol. The average Bonchev–Trinajstić information content (AvgIpc) is 2.59. The van der Waals surface area contributed by atoms with E-state index in [1.807, 2.05) is 6.07 Å². The monoisotopic (exact) mass is 481 g/mol. The van der Waals surface area contributed by atoms with Crippen LogP contribution in [-0.2, 0) is 0 Å². The molecule has 0 spiro atoms. The molecule has 0 aliphatic heterocycles. The van der Waals surface area contributed by atoms with Gasteiger partial charge in [-0.05, 0) is 46.3 Å². The highest BCUT2D eigenvalue weighted by molar-refractivity contribution is 9.10. The fraction of sp³-hybridized carbons (Fsp3) is 0. The van der Waals surface area contributed by atoms with Gasteiger partial charge in [-0.3, -0.25) is 10.1 Å². The molecule has 3 aromatic rings. The topological polar surface area (TPSA) is 93.0 Å². The number of aromatic nitrogens is 2. The van der Waals surface area contributed by atoms with Crippen LogP contribution in [-0.4, -0.2) is 14.9 Å². The molecule has 7 nitrogen and oxygen atoms in total. The molecule has 3 rings (SSSR count). The van der Waals surface area contributed by atoms with Gasteiger partial charge in [-0.15, -0.1) is 0 Å². The summed E-state index contributed by atoms with van der Waals surface area (Å²) in [6.07, 6.45) is 1.16. The number of halogens is 3. The standard InChI is InChI=1S/C16H10Br2FN5O2/c17-9-5-6-13(11(19)7-9)23-16-14(24(25)26)15(20-8-21-16)22-12-4-2-1-3-10(12)18/h1-8H,(H2,20,21,22,23). The van der Waals surface area contributed by atoms with Crippen LogP contribution < -0.4 is 10.6 Å². The summed E-state index contributed by atoms with van der Waals surface area (Å²) in [6.45, 7) is 0. The molecule has 2 aromatic carbocycles. The smallest absolute Gasteiger partial charge is 0.333 e. The molecule has 0 aliphatic rings. The third-order valence-electron chi connectivity index (χ3n) is 3.32. The number of nitro groups is 1. The van der Waals surface area contributed by atoms with Crippen LogP contribution in [0, 0.1) is 15.9 Å². The first-order valence-corrected chi connectivity index (χ1v) is 8.77. The minimum atomic E-state index is -0.627. The second-order valence-corrected chi connectivity index (χ2v) is 6.80. The number of nitrogens with one attached hydrogen (secondary N) is 2. The Kier molecular flexibility index (Phi) is 5.43. The lowest BCUT2D eigenvalue weighted by molar-refractivity contribution is -0.383. The summed E-state index contributed by atoms with van der Waals surface area (Å²) in [5.74, 6) is -0.717. The zero-order valence-corrected chi connectivity index (χ0v) is 16.1. The molecular formula is C16H10Br2FN5O2. The molecule has 0 bridgehead atoms. The van der Waals surface area contributed by atoms with Crippen LogP contribution in [0.2, 0.25) is 0 Å². The van der Waals surface area contributed by atoms with Gasteiger partial charge in [0.05, 0.1) is 16.3 Å². The molecule has 0 radical (unpaired) electrons. The third kappa shape index (κ3) is 3.97. The Hall–Kier alpha value is -2.59. The van der Waals surface area contributed by atoms with Gasteiger partial charge in [-0.1, -0.05) is 28.1 Å². The van der Waals surface area contributed by atoms with Crippen LogP contribution in [0.15, 0.2) is 57.7 Å². The molecule has 1 heterocycles. The van der Waals surface area contributed by atoms with Gasteiger partial charge in [0.1, 0.15) is 12.1 Å². The second-order valence-electron chi connectivity index (χ2n) is 5.03. The molecule has 0 fully saturated rings. The highest BCUT2D eigenvalue weighted by Crippen LogP contribution is 2.35. The minimum absolute atomic E-state index is 0.0167. The van der Waals surface area contributed by atoms with Crippen LogP contribution in [0.3, 0.4) is 0 Å². The maximum atomic E-state index is 14.0. The largest absolute Gasteiger partial charge is 0.353 e. The van der Waals surface area contributed by atoms with Crippen LogP contribution in [0.25, 0.3) is 0 Å². The second kappa shape index (κ2) is 7.75. The molecule has 0 amide bonds. The molecule has 132 valence electrons. The van der Waals surface area contributed by atoms with Gasteiger partial charge in [0.2, 0.25) is 11.6 Å². The Balaban J connectivity index is 2.01. The summed E-state index contributed by atoms with van der Waals surface area (Å²) in [6, 6.07) is 11.4. The highest BCUT2D eigenvalue weighted by atomic mass is 79.9. The summed E-state index contributed by atoms with van der Waals surface area (Å²) in [4.78, 5) is 18.8. The molecule has 0 aliphatic carbocycles. The maximum Gasteiger partial charge on any atom is 0.353 e. The van der Waals surface area contributed by atoms with E-state index in [0.29, 0.717) is 14.6 Å². The third-order valence-corrected chi connectivity index (χ3v) is 4.50. The van der Waals surface area contributed by atoms with Crippen molar-refractivity contribution in [1.29, 1.82) is 0 Å². The van der Waals surface area contributed by atoms with Crippen molar-refractivity contribution in [2.45, 2.75) is 0 Å². The number of para-hydroxylation sites is 1. The molecule has 1 aromatic heterocycles. The number of hydrogen-bond donors (Lipinski definition) is 2.